The van der Waals surface area contributed by atoms with Crippen molar-refractivity contribution in [2.24, 2.45) is 4.99 Å². The molecule has 0 spiro atoms. The van der Waals surface area contributed by atoms with E-state index in [9.17, 15) is 24.4 Å². The molecular weight excluding hydrogens is 769 g/mol. The van der Waals surface area contributed by atoms with Gasteiger partial charge in [-0.3, -0.25) is 23.9 Å². The van der Waals surface area contributed by atoms with Crippen molar-refractivity contribution in [3.63, 3.8) is 0 Å². The topological polar surface area (TPSA) is 171 Å². The van der Waals surface area contributed by atoms with Gasteiger partial charge in [0.25, 0.3) is 5.91 Å². The number of likely N-dealkylation sites (tertiary alicyclic amines) is 1. The van der Waals surface area contributed by atoms with Crippen LogP contribution in [0, 0.1) is 6.92 Å². The molecule has 1 fully saturated rings. The first-order valence-corrected chi connectivity index (χ1v) is 20.0. The summed E-state index contributed by atoms with van der Waals surface area (Å²) >= 11 is 6.25. The molecule has 0 aliphatic carbocycles. The van der Waals surface area contributed by atoms with E-state index in [0.29, 0.717) is 65.3 Å². The van der Waals surface area contributed by atoms with E-state index in [1.807, 2.05) is 59.7 Å². The minimum Gasteiger partial charge on any atom is -0.484 e. The van der Waals surface area contributed by atoms with E-state index in [1.54, 1.807) is 48.5 Å². The SMILES string of the molecule is CCNC(=O)C[C@@H]1N=C(c2ccc(Cl)cc2)c2cc(OCC(=O)NCc3cccc(C4CCN(C(=O)/C=C/c5cccc(B(O)O)c5)CC4)c3)ccc2-n2c(C)nnc21. The third-order valence-electron chi connectivity index (χ3n) is 10.5. The fraction of sp³-hybridized carbons (Fsp3) is 0.273. The van der Waals surface area contributed by atoms with Crippen molar-refractivity contribution in [1.82, 2.24) is 30.3 Å². The molecule has 5 aromatic rings. The van der Waals surface area contributed by atoms with Crippen molar-refractivity contribution in [2.75, 3.05) is 26.2 Å². The van der Waals surface area contributed by atoms with Gasteiger partial charge in [0.05, 0.1) is 17.8 Å². The zero-order valence-electron chi connectivity index (χ0n) is 32.8. The van der Waals surface area contributed by atoms with Gasteiger partial charge in [-0.25, -0.2) is 0 Å². The summed E-state index contributed by atoms with van der Waals surface area (Å²) in [5.41, 5.74) is 6.12. The molecule has 15 heteroatoms. The molecular formula is C44H45BClN7O6. The Balaban J connectivity index is 0.976. The number of nitrogens with zero attached hydrogens (tertiary/aromatic N) is 5. The van der Waals surface area contributed by atoms with Crippen molar-refractivity contribution in [1.29, 1.82) is 0 Å². The standard InChI is InChI=1S/C44H45BClN7O6/c1-3-47-40(54)25-38-44-51-50-28(2)53(44)39-16-15-36(24-37(39)43(49-38)32-11-13-35(46)14-12-32)59-27-41(55)48-26-30-7-4-8-33(22-30)31-18-20-52(21-19-31)42(56)17-10-29-6-5-9-34(23-29)45(57)58/h4-17,22-24,31,38,57-58H,3,18-21,25-27H2,1-2H3,(H,47,54)(H,48,55)/b17-10+/t38-/m0/s1. The first-order chi connectivity index (χ1) is 28.6. The van der Waals surface area contributed by atoms with E-state index in [-0.39, 0.29) is 36.7 Å². The number of piperidine rings is 1. The molecule has 0 saturated carbocycles. The number of amides is 3. The van der Waals surface area contributed by atoms with Crippen LogP contribution < -0.4 is 20.8 Å². The maximum atomic E-state index is 13.1. The molecule has 2 aliphatic heterocycles. The highest BCUT2D eigenvalue weighted by molar-refractivity contribution is 6.58. The number of aryl methyl sites for hydroxylation is 1. The van der Waals surface area contributed by atoms with E-state index in [2.05, 4.69) is 33.0 Å². The zero-order chi connectivity index (χ0) is 41.5. The minimum atomic E-state index is -1.57. The van der Waals surface area contributed by atoms with E-state index in [0.717, 1.165) is 40.8 Å². The third kappa shape index (κ3) is 9.97. The number of nitrogens with one attached hydrogen (secondary N) is 2. The number of fused-ring (bicyclic) bond motifs is 3. The largest absolute Gasteiger partial charge is 0.488 e. The second kappa shape index (κ2) is 18.7. The van der Waals surface area contributed by atoms with E-state index < -0.39 is 13.2 Å². The normalized spacial score (nSPS) is 15.2. The van der Waals surface area contributed by atoms with Crippen LogP contribution in [-0.4, -0.2) is 86.5 Å². The molecule has 7 rings (SSSR count). The number of carbonyl (C=O) groups excluding carboxylic acids is 3. The molecule has 0 unspecified atom stereocenters. The van der Waals surface area contributed by atoms with Crippen LogP contribution >= 0.6 is 11.6 Å². The second-order valence-electron chi connectivity index (χ2n) is 14.6. The van der Waals surface area contributed by atoms with E-state index in [4.69, 9.17) is 21.3 Å². The van der Waals surface area contributed by atoms with Gasteiger partial charge in [0, 0.05) is 48.4 Å². The van der Waals surface area contributed by atoms with Crippen LogP contribution in [0.1, 0.15) is 77.6 Å². The Hall–Kier alpha value is -6.09. The highest BCUT2D eigenvalue weighted by Crippen LogP contribution is 2.35. The molecule has 4 N–H and O–H groups in total. The number of hydrogen-bond donors (Lipinski definition) is 4. The lowest BCUT2D eigenvalue weighted by Crippen LogP contribution is -2.36. The van der Waals surface area contributed by atoms with Gasteiger partial charge in [-0.05, 0) is 91.2 Å². The Bertz CT molecular complexity index is 2390. The highest BCUT2D eigenvalue weighted by atomic mass is 35.5. The second-order valence-corrected chi connectivity index (χ2v) is 15.0. The summed E-state index contributed by atoms with van der Waals surface area (Å²) in [4.78, 5) is 45.7. The van der Waals surface area contributed by atoms with Crippen molar-refractivity contribution in [2.45, 2.75) is 51.6 Å². The van der Waals surface area contributed by atoms with Gasteiger partial charge in [0.1, 0.15) is 17.6 Å². The van der Waals surface area contributed by atoms with Crippen LogP contribution in [0.5, 0.6) is 5.75 Å². The lowest BCUT2D eigenvalue weighted by molar-refractivity contribution is -0.127. The Morgan fingerprint density at radius 3 is 2.47 bits per heavy atom. The summed E-state index contributed by atoms with van der Waals surface area (Å²) in [5, 5.41) is 34.0. The average Bonchev–Trinajstić information content (AvgIpc) is 3.57. The quantitative estimate of drug-likeness (QED) is 0.0999. The van der Waals surface area contributed by atoms with E-state index in [1.165, 1.54) is 6.08 Å². The summed E-state index contributed by atoms with van der Waals surface area (Å²) in [6.45, 7) is 5.57. The van der Waals surface area contributed by atoms with Gasteiger partial charge >= 0.3 is 7.12 Å². The Labute approximate surface area is 347 Å². The summed E-state index contributed by atoms with van der Waals surface area (Å²) in [7, 11) is -1.57. The molecule has 1 atom stereocenters. The number of aliphatic imine (C=N–C) groups is 1. The van der Waals surface area contributed by atoms with Crippen LogP contribution in [-0.2, 0) is 20.9 Å². The van der Waals surface area contributed by atoms with Crippen LogP contribution in [0.25, 0.3) is 11.8 Å². The molecule has 1 aromatic heterocycles. The van der Waals surface area contributed by atoms with Gasteiger partial charge in [0.2, 0.25) is 11.8 Å². The molecule has 59 heavy (non-hydrogen) atoms. The van der Waals surface area contributed by atoms with Crippen molar-refractivity contribution >= 4 is 53.7 Å². The molecule has 302 valence electrons. The summed E-state index contributed by atoms with van der Waals surface area (Å²) in [6, 6.07) is 27.2. The zero-order valence-corrected chi connectivity index (χ0v) is 33.6. The molecule has 3 heterocycles. The summed E-state index contributed by atoms with van der Waals surface area (Å²) < 4.78 is 7.95. The summed E-state index contributed by atoms with van der Waals surface area (Å²) in [6.07, 6.45) is 4.92. The van der Waals surface area contributed by atoms with Gasteiger partial charge in [-0.15, -0.1) is 10.2 Å². The fourth-order valence-corrected chi connectivity index (χ4v) is 7.60. The first-order valence-electron chi connectivity index (χ1n) is 19.6. The monoisotopic (exact) mass is 813 g/mol. The van der Waals surface area contributed by atoms with Gasteiger partial charge in [0.15, 0.2) is 12.4 Å². The van der Waals surface area contributed by atoms with Gasteiger partial charge in [-0.1, -0.05) is 72.3 Å². The lowest BCUT2D eigenvalue weighted by atomic mass is 9.79. The molecule has 13 nitrogen and oxygen atoms in total. The van der Waals surface area contributed by atoms with Crippen molar-refractivity contribution in [3.05, 3.63) is 142 Å². The highest BCUT2D eigenvalue weighted by Gasteiger charge is 2.30. The Kier molecular flexibility index (Phi) is 13.0. The number of benzene rings is 4. The van der Waals surface area contributed by atoms with Crippen molar-refractivity contribution < 1.29 is 29.2 Å². The van der Waals surface area contributed by atoms with Crippen LogP contribution in [0.2, 0.25) is 5.02 Å². The van der Waals surface area contributed by atoms with Gasteiger partial charge < -0.3 is 30.3 Å². The maximum absolute atomic E-state index is 13.1. The third-order valence-corrected chi connectivity index (χ3v) is 10.7. The molecule has 0 radical (unpaired) electrons. The van der Waals surface area contributed by atoms with E-state index >= 15 is 0 Å². The maximum Gasteiger partial charge on any atom is 0.488 e. The number of carbonyl (C=O) groups is 3. The fourth-order valence-electron chi connectivity index (χ4n) is 7.47. The lowest BCUT2D eigenvalue weighted by Gasteiger charge is -2.31. The van der Waals surface area contributed by atoms with Crippen LogP contribution in [0.15, 0.2) is 102 Å². The summed E-state index contributed by atoms with van der Waals surface area (Å²) in [5.74, 6) is 1.42. The molecule has 3 amide bonds. The molecule has 0 bridgehead atoms. The van der Waals surface area contributed by atoms with Gasteiger partial charge in [-0.2, -0.15) is 0 Å². The Morgan fingerprint density at radius 2 is 1.71 bits per heavy atom. The van der Waals surface area contributed by atoms with Crippen LogP contribution in [0.4, 0.5) is 0 Å². The predicted octanol–water partition coefficient (Wildman–Crippen LogP) is 4.44. The smallest absolute Gasteiger partial charge is 0.484 e. The number of hydrogen-bond acceptors (Lipinski definition) is 9. The molecule has 2 aliphatic rings. The molecule has 4 aromatic carbocycles. The number of halogens is 1. The van der Waals surface area contributed by atoms with Crippen molar-refractivity contribution in [3.8, 4) is 11.4 Å². The predicted molar refractivity (Wildman–Crippen MR) is 227 cm³/mol. The number of ether oxygens (including phenoxy) is 1. The Morgan fingerprint density at radius 1 is 0.932 bits per heavy atom. The average molecular weight is 814 g/mol. The minimum absolute atomic E-state index is 0.0828. The van der Waals surface area contributed by atoms with Crippen LogP contribution in [0.3, 0.4) is 0 Å². The first kappa shape index (κ1) is 41.1. The molecule has 1 saturated heterocycles. The number of rotatable bonds is 13. The number of aromatic nitrogens is 3.